The zero-order valence-electron chi connectivity index (χ0n) is 16.5. The maximum absolute atomic E-state index is 12.7. The third-order valence-electron chi connectivity index (χ3n) is 5.09. The van der Waals surface area contributed by atoms with Gasteiger partial charge in [0.1, 0.15) is 6.04 Å². The quantitative estimate of drug-likeness (QED) is 0.694. The Morgan fingerprint density at radius 2 is 1.89 bits per heavy atom. The van der Waals surface area contributed by atoms with Gasteiger partial charge in [0, 0.05) is 12.6 Å². The summed E-state index contributed by atoms with van der Waals surface area (Å²) in [5.41, 5.74) is 0.950. The highest BCUT2D eigenvalue weighted by Crippen LogP contribution is 2.16. The van der Waals surface area contributed by atoms with Crippen molar-refractivity contribution < 1.29 is 9.59 Å². The zero-order chi connectivity index (χ0) is 19.2. The van der Waals surface area contributed by atoms with Crippen LogP contribution in [0.5, 0.6) is 0 Å². The summed E-state index contributed by atoms with van der Waals surface area (Å²) in [5, 5.41) is 11.6. The summed E-state index contributed by atoms with van der Waals surface area (Å²) in [4.78, 5) is 25.2. The third kappa shape index (κ3) is 5.94. The predicted molar refractivity (Wildman–Crippen MR) is 116 cm³/mol. The Labute approximate surface area is 173 Å². The van der Waals surface area contributed by atoms with Gasteiger partial charge < -0.3 is 16.0 Å². The fourth-order valence-corrected chi connectivity index (χ4v) is 3.56. The molecule has 1 unspecified atom stereocenters. The van der Waals surface area contributed by atoms with E-state index in [1.165, 1.54) is 0 Å². The van der Waals surface area contributed by atoms with Gasteiger partial charge in [-0.25, -0.2) is 0 Å². The predicted octanol–water partition coefficient (Wildman–Crippen LogP) is 2.81. The van der Waals surface area contributed by atoms with Crippen molar-refractivity contribution in [3.63, 3.8) is 0 Å². The van der Waals surface area contributed by atoms with E-state index in [1.807, 2.05) is 50.2 Å². The third-order valence-corrected chi connectivity index (χ3v) is 5.09. The molecule has 0 saturated carbocycles. The van der Waals surface area contributed by atoms with E-state index in [2.05, 4.69) is 22.0 Å². The molecule has 2 amide bonds. The van der Waals surface area contributed by atoms with Crippen molar-refractivity contribution >= 4 is 35.0 Å². The van der Waals surface area contributed by atoms with Crippen molar-refractivity contribution in [1.82, 2.24) is 16.0 Å². The first kappa shape index (κ1) is 22.2. The Morgan fingerprint density at radius 3 is 2.57 bits per heavy atom. The van der Waals surface area contributed by atoms with Crippen molar-refractivity contribution in [2.75, 3.05) is 13.1 Å². The van der Waals surface area contributed by atoms with Gasteiger partial charge in [-0.2, -0.15) is 0 Å². The summed E-state index contributed by atoms with van der Waals surface area (Å²) < 4.78 is 0. The Balaban J connectivity index is 0.00000280. The molecule has 1 fully saturated rings. The number of fused-ring (bicyclic) bond motifs is 1. The zero-order valence-corrected chi connectivity index (χ0v) is 17.4. The SMILES string of the molecule is CC(C)C(NC(=O)Cc1ccc2ccccc2c1)C(=O)N[C@H]1CCCNC1.Cl. The molecule has 5 nitrogen and oxygen atoms in total. The van der Waals surface area contributed by atoms with Crippen molar-refractivity contribution in [2.24, 2.45) is 5.92 Å². The molecule has 1 heterocycles. The molecule has 0 aliphatic carbocycles. The highest BCUT2D eigenvalue weighted by molar-refractivity contribution is 5.90. The van der Waals surface area contributed by atoms with E-state index in [4.69, 9.17) is 0 Å². The molecule has 1 aliphatic heterocycles. The van der Waals surface area contributed by atoms with Gasteiger partial charge in [0.05, 0.1) is 6.42 Å². The Hall–Kier alpha value is -2.11. The van der Waals surface area contributed by atoms with E-state index >= 15 is 0 Å². The lowest BCUT2D eigenvalue weighted by atomic mass is 10.0. The summed E-state index contributed by atoms with van der Waals surface area (Å²) >= 11 is 0. The second-order valence-corrected chi connectivity index (χ2v) is 7.70. The average Bonchev–Trinajstić information content (AvgIpc) is 2.66. The highest BCUT2D eigenvalue weighted by atomic mass is 35.5. The van der Waals surface area contributed by atoms with Crippen molar-refractivity contribution in [3.05, 3.63) is 48.0 Å². The standard InChI is InChI=1S/C22H29N3O2.ClH/c1-15(2)21(22(27)24-19-8-5-11-23-14-19)25-20(26)13-16-9-10-17-6-3-4-7-18(17)12-16;/h3-4,6-7,9-10,12,15,19,21,23H,5,8,11,13-14H2,1-2H3,(H,24,27)(H,25,26);1H/t19-,21?;/m0./s1. The minimum Gasteiger partial charge on any atom is -0.350 e. The van der Waals surface area contributed by atoms with E-state index in [1.54, 1.807) is 0 Å². The lowest BCUT2D eigenvalue weighted by Crippen LogP contribution is -2.55. The van der Waals surface area contributed by atoms with Crippen LogP contribution < -0.4 is 16.0 Å². The Bertz CT molecular complexity index is 803. The van der Waals surface area contributed by atoms with E-state index in [0.29, 0.717) is 0 Å². The molecule has 3 N–H and O–H groups in total. The van der Waals surface area contributed by atoms with Crippen LogP contribution in [0.3, 0.4) is 0 Å². The van der Waals surface area contributed by atoms with Crippen molar-refractivity contribution in [1.29, 1.82) is 0 Å². The first-order valence-electron chi connectivity index (χ1n) is 9.81. The van der Waals surface area contributed by atoms with E-state index in [-0.39, 0.29) is 42.6 Å². The number of rotatable bonds is 6. The molecule has 152 valence electrons. The maximum Gasteiger partial charge on any atom is 0.243 e. The molecule has 1 saturated heterocycles. The average molecular weight is 404 g/mol. The van der Waals surface area contributed by atoms with E-state index in [0.717, 1.165) is 42.3 Å². The summed E-state index contributed by atoms with van der Waals surface area (Å²) in [6, 6.07) is 13.8. The number of piperidine rings is 1. The topological polar surface area (TPSA) is 70.2 Å². The second kappa shape index (κ2) is 10.4. The number of nitrogens with one attached hydrogen (secondary N) is 3. The second-order valence-electron chi connectivity index (χ2n) is 7.70. The lowest BCUT2D eigenvalue weighted by Gasteiger charge is -2.28. The van der Waals surface area contributed by atoms with Crippen LogP contribution in [0.1, 0.15) is 32.3 Å². The first-order valence-corrected chi connectivity index (χ1v) is 9.81. The number of hydrogen-bond acceptors (Lipinski definition) is 3. The van der Waals surface area contributed by atoms with Crippen LogP contribution in [0.25, 0.3) is 10.8 Å². The molecule has 0 radical (unpaired) electrons. The van der Waals surface area contributed by atoms with Crippen LogP contribution >= 0.6 is 12.4 Å². The van der Waals surface area contributed by atoms with Gasteiger partial charge in [-0.1, -0.05) is 56.3 Å². The highest BCUT2D eigenvalue weighted by Gasteiger charge is 2.26. The van der Waals surface area contributed by atoms with Crippen molar-refractivity contribution in [2.45, 2.75) is 45.2 Å². The van der Waals surface area contributed by atoms with Crippen LogP contribution in [0.15, 0.2) is 42.5 Å². The number of benzene rings is 2. The minimum atomic E-state index is -0.514. The molecule has 2 aromatic carbocycles. The summed E-state index contributed by atoms with van der Waals surface area (Å²) in [6.07, 6.45) is 2.31. The molecule has 0 bridgehead atoms. The fraction of sp³-hybridized carbons (Fsp3) is 0.455. The first-order chi connectivity index (χ1) is 13.0. The van der Waals surface area contributed by atoms with Gasteiger partial charge >= 0.3 is 0 Å². The maximum atomic E-state index is 12.7. The minimum absolute atomic E-state index is 0. The molecule has 0 spiro atoms. The molecule has 0 aromatic heterocycles. The van der Waals surface area contributed by atoms with E-state index in [9.17, 15) is 9.59 Å². The van der Waals surface area contributed by atoms with Crippen LogP contribution in [0.4, 0.5) is 0 Å². The number of carbonyl (C=O) groups is 2. The normalized spacial score (nSPS) is 17.6. The van der Waals surface area contributed by atoms with Crippen LogP contribution in [-0.2, 0) is 16.0 Å². The van der Waals surface area contributed by atoms with Gasteiger partial charge in [0.15, 0.2) is 0 Å². The van der Waals surface area contributed by atoms with Crippen LogP contribution in [0, 0.1) is 5.92 Å². The van der Waals surface area contributed by atoms with Gasteiger partial charge in [0.2, 0.25) is 11.8 Å². The van der Waals surface area contributed by atoms with Gasteiger partial charge in [-0.15, -0.1) is 12.4 Å². The molecular formula is C22H30ClN3O2. The number of hydrogen-bond donors (Lipinski definition) is 3. The molecule has 1 aliphatic rings. The van der Waals surface area contributed by atoms with E-state index < -0.39 is 6.04 Å². The summed E-state index contributed by atoms with van der Waals surface area (Å²) in [7, 11) is 0. The van der Waals surface area contributed by atoms with Gasteiger partial charge in [-0.05, 0) is 41.6 Å². The molecule has 2 atom stereocenters. The number of carbonyl (C=O) groups excluding carboxylic acids is 2. The fourth-order valence-electron chi connectivity index (χ4n) is 3.56. The van der Waals surface area contributed by atoms with Gasteiger partial charge in [0.25, 0.3) is 0 Å². The molecule has 3 rings (SSSR count). The lowest BCUT2D eigenvalue weighted by molar-refractivity contribution is -0.130. The van der Waals surface area contributed by atoms with Gasteiger partial charge in [-0.3, -0.25) is 9.59 Å². The van der Waals surface area contributed by atoms with Crippen molar-refractivity contribution in [3.8, 4) is 0 Å². The molecule has 28 heavy (non-hydrogen) atoms. The summed E-state index contributed by atoms with van der Waals surface area (Å²) in [5.74, 6) is -0.187. The smallest absolute Gasteiger partial charge is 0.243 e. The summed E-state index contributed by atoms with van der Waals surface area (Å²) in [6.45, 7) is 5.71. The Kier molecular flexibility index (Phi) is 8.27. The molecular weight excluding hydrogens is 374 g/mol. The largest absolute Gasteiger partial charge is 0.350 e. The Morgan fingerprint density at radius 1 is 1.14 bits per heavy atom. The molecule has 6 heteroatoms. The number of amides is 2. The monoisotopic (exact) mass is 403 g/mol. The van der Waals surface area contributed by atoms with Crippen LogP contribution in [-0.4, -0.2) is 37.0 Å². The molecule has 2 aromatic rings. The van der Waals surface area contributed by atoms with Crippen LogP contribution in [0.2, 0.25) is 0 Å². The number of halogens is 1.